The highest BCUT2D eigenvalue weighted by Gasteiger charge is 2.23. The zero-order valence-corrected chi connectivity index (χ0v) is 29.3. The smallest absolute Gasteiger partial charge is 0.410 e. The molecule has 264 valence electrons. The summed E-state index contributed by atoms with van der Waals surface area (Å²) >= 11 is 0. The molecule has 2 N–H and O–H groups in total. The van der Waals surface area contributed by atoms with Crippen molar-refractivity contribution in [3.8, 4) is 11.5 Å². The van der Waals surface area contributed by atoms with Crippen molar-refractivity contribution < 1.29 is 33.0 Å². The molecular weight excluding hydrogens is 650 g/mol. The summed E-state index contributed by atoms with van der Waals surface area (Å²) in [7, 11) is 2.87. The Balaban J connectivity index is 1.30. The van der Waals surface area contributed by atoms with Gasteiger partial charge in [0.15, 0.2) is 22.7 Å². The van der Waals surface area contributed by atoms with Crippen LogP contribution in [0.15, 0.2) is 106 Å². The van der Waals surface area contributed by atoms with Gasteiger partial charge in [0, 0.05) is 30.9 Å². The number of hydrogen-bond donors (Lipinski definition) is 2. The van der Waals surface area contributed by atoms with E-state index in [4.69, 9.17) is 18.6 Å². The maximum Gasteiger partial charge on any atom is 0.410 e. The van der Waals surface area contributed by atoms with Crippen molar-refractivity contribution in [1.82, 2.24) is 4.90 Å². The summed E-state index contributed by atoms with van der Waals surface area (Å²) in [4.78, 5) is 54.3. The Kier molecular flexibility index (Phi) is 11.4. The van der Waals surface area contributed by atoms with Gasteiger partial charge in [0.25, 0.3) is 11.8 Å². The van der Waals surface area contributed by atoms with Crippen LogP contribution in [0.2, 0.25) is 0 Å². The molecule has 11 heteroatoms. The first kappa shape index (κ1) is 36.2. The van der Waals surface area contributed by atoms with Crippen LogP contribution >= 0.6 is 0 Å². The summed E-state index contributed by atoms with van der Waals surface area (Å²) in [5.74, 6) is -0.933. The number of nitrogens with one attached hydrogen (secondary N) is 2. The molecule has 0 spiro atoms. The molecule has 0 atom stereocenters. The number of para-hydroxylation sites is 1. The molecular formula is C40H41N3O8. The number of rotatable bonds is 12. The Morgan fingerprint density at radius 1 is 0.725 bits per heavy atom. The minimum atomic E-state index is -0.729. The van der Waals surface area contributed by atoms with E-state index in [1.54, 1.807) is 41.3 Å². The molecule has 5 rings (SSSR count). The van der Waals surface area contributed by atoms with Crippen LogP contribution in [-0.4, -0.2) is 55.7 Å². The third kappa shape index (κ3) is 9.54. The maximum absolute atomic E-state index is 13.6. The monoisotopic (exact) mass is 691 g/mol. The van der Waals surface area contributed by atoms with Crippen LogP contribution < -0.4 is 25.5 Å². The van der Waals surface area contributed by atoms with Crippen molar-refractivity contribution >= 4 is 40.3 Å². The van der Waals surface area contributed by atoms with Crippen LogP contribution in [0.1, 0.15) is 52.8 Å². The second-order valence-corrected chi connectivity index (χ2v) is 12.8. The van der Waals surface area contributed by atoms with Gasteiger partial charge < -0.3 is 34.2 Å². The predicted molar refractivity (Wildman–Crippen MR) is 196 cm³/mol. The summed E-state index contributed by atoms with van der Waals surface area (Å²) in [6, 6.07) is 27.9. The molecule has 0 saturated carbocycles. The molecule has 0 aliphatic heterocycles. The third-order valence-corrected chi connectivity index (χ3v) is 7.92. The average Bonchev–Trinajstić information content (AvgIpc) is 3.11. The number of anilines is 2. The molecule has 0 radical (unpaired) electrons. The lowest BCUT2D eigenvalue weighted by Gasteiger charge is -2.27. The van der Waals surface area contributed by atoms with E-state index in [1.165, 1.54) is 26.4 Å². The van der Waals surface area contributed by atoms with E-state index in [0.29, 0.717) is 37.0 Å². The highest BCUT2D eigenvalue weighted by molar-refractivity contribution is 6.12. The van der Waals surface area contributed by atoms with Crippen LogP contribution in [0.25, 0.3) is 11.0 Å². The van der Waals surface area contributed by atoms with Crippen molar-refractivity contribution in [1.29, 1.82) is 0 Å². The van der Waals surface area contributed by atoms with Crippen molar-refractivity contribution in [2.45, 2.75) is 39.2 Å². The van der Waals surface area contributed by atoms with E-state index >= 15 is 0 Å². The van der Waals surface area contributed by atoms with Crippen LogP contribution in [-0.2, 0) is 17.6 Å². The van der Waals surface area contributed by atoms with Gasteiger partial charge in [-0.15, -0.1) is 0 Å². The van der Waals surface area contributed by atoms with Crippen LogP contribution in [0, 0.1) is 0 Å². The number of benzene rings is 4. The van der Waals surface area contributed by atoms with Crippen molar-refractivity contribution in [2.75, 3.05) is 37.9 Å². The van der Waals surface area contributed by atoms with Gasteiger partial charge in [-0.1, -0.05) is 54.6 Å². The lowest BCUT2D eigenvalue weighted by atomic mass is 10.1. The first-order chi connectivity index (χ1) is 24.4. The van der Waals surface area contributed by atoms with Gasteiger partial charge in [-0.05, 0) is 75.1 Å². The topological polar surface area (TPSA) is 136 Å². The molecule has 0 saturated heterocycles. The molecule has 0 unspecified atom stereocenters. The van der Waals surface area contributed by atoms with Gasteiger partial charge in [0.2, 0.25) is 0 Å². The molecule has 3 amide bonds. The zero-order chi connectivity index (χ0) is 36.5. The average molecular weight is 692 g/mol. The lowest BCUT2D eigenvalue weighted by Crippen LogP contribution is -2.39. The van der Waals surface area contributed by atoms with Crippen LogP contribution in [0.3, 0.4) is 0 Å². The number of fused-ring (bicyclic) bond motifs is 1. The van der Waals surface area contributed by atoms with Gasteiger partial charge in [0.1, 0.15) is 11.2 Å². The summed E-state index contributed by atoms with van der Waals surface area (Å²) in [6.45, 7) is 6.48. The SMILES string of the molecule is COc1cc(NC(=O)c2cc(=O)c3ccccc3o2)c(C(=O)Nc2ccc(CCN(CCc3ccccc3)C(=O)OC(C)(C)C)cc2)cc1OC. The second kappa shape index (κ2) is 16.1. The van der Waals surface area contributed by atoms with Crippen molar-refractivity contribution in [3.63, 3.8) is 0 Å². The van der Waals surface area contributed by atoms with E-state index in [1.807, 2.05) is 63.2 Å². The predicted octanol–water partition coefficient (Wildman–Crippen LogP) is 7.34. The van der Waals surface area contributed by atoms with E-state index in [-0.39, 0.29) is 45.6 Å². The Morgan fingerprint density at radius 3 is 1.98 bits per heavy atom. The molecule has 0 fully saturated rings. The van der Waals surface area contributed by atoms with Gasteiger partial charge in [0.05, 0.1) is 30.9 Å². The Labute approximate surface area is 296 Å². The molecule has 0 aliphatic carbocycles. The fourth-order valence-electron chi connectivity index (χ4n) is 5.32. The minimum absolute atomic E-state index is 0.0830. The van der Waals surface area contributed by atoms with E-state index in [2.05, 4.69) is 10.6 Å². The largest absolute Gasteiger partial charge is 0.493 e. The fourth-order valence-corrected chi connectivity index (χ4v) is 5.32. The van der Waals surface area contributed by atoms with E-state index in [0.717, 1.165) is 17.2 Å². The number of hydrogen-bond acceptors (Lipinski definition) is 8. The summed E-state index contributed by atoms with van der Waals surface area (Å²) < 4.78 is 22.2. The Morgan fingerprint density at radius 2 is 1.33 bits per heavy atom. The van der Waals surface area contributed by atoms with Gasteiger partial charge in [-0.3, -0.25) is 14.4 Å². The van der Waals surface area contributed by atoms with E-state index < -0.39 is 17.4 Å². The van der Waals surface area contributed by atoms with Gasteiger partial charge in [-0.25, -0.2) is 4.79 Å². The summed E-state index contributed by atoms with van der Waals surface area (Å²) in [5.41, 5.74) is 2.05. The summed E-state index contributed by atoms with van der Waals surface area (Å²) in [5, 5.41) is 5.89. The van der Waals surface area contributed by atoms with Gasteiger partial charge in [-0.2, -0.15) is 0 Å². The number of amides is 3. The van der Waals surface area contributed by atoms with Crippen molar-refractivity contribution in [3.05, 3.63) is 130 Å². The molecule has 5 aromatic rings. The fraction of sp³-hybridized carbons (Fsp3) is 0.250. The minimum Gasteiger partial charge on any atom is -0.493 e. The van der Waals surface area contributed by atoms with E-state index in [9.17, 15) is 19.2 Å². The number of nitrogens with zero attached hydrogens (tertiary/aromatic N) is 1. The van der Waals surface area contributed by atoms with Crippen molar-refractivity contribution in [2.24, 2.45) is 0 Å². The quantitative estimate of drug-likeness (QED) is 0.139. The Hall–Kier alpha value is -6.10. The molecule has 11 nitrogen and oxygen atoms in total. The standard InChI is InChI=1S/C40H41N3O8/c1-40(2,3)51-39(47)43(21-19-26-11-7-6-8-12-26)22-20-27-15-17-28(18-16-27)41-37(45)30-23-34(48-4)35(49-5)24-31(30)42-38(46)36-25-32(44)29-13-9-10-14-33(29)50-36/h6-18,23-25H,19-22H2,1-5H3,(H,41,45)(H,42,46). The number of carbonyl (C=O) groups is 3. The van der Waals surface area contributed by atoms with Gasteiger partial charge >= 0.3 is 6.09 Å². The van der Waals surface area contributed by atoms with Crippen LogP contribution in [0.4, 0.5) is 16.2 Å². The zero-order valence-electron chi connectivity index (χ0n) is 29.3. The number of carbonyl (C=O) groups excluding carboxylic acids is 3. The summed E-state index contributed by atoms with van der Waals surface area (Å²) in [6.07, 6.45) is 0.891. The first-order valence-electron chi connectivity index (χ1n) is 16.5. The Bertz CT molecular complexity index is 2070. The molecule has 0 aliphatic rings. The second-order valence-electron chi connectivity index (χ2n) is 12.8. The highest BCUT2D eigenvalue weighted by atomic mass is 16.6. The molecule has 51 heavy (non-hydrogen) atoms. The molecule has 1 heterocycles. The lowest BCUT2D eigenvalue weighted by molar-refractivity contribution is 0.0254. The molecule has 4 aromatic carbocycles. The third-order valence-electron chi connectivity index (χ3n) is 7.92. The first-order valence-corrected chi connectivity index (χ1v) is 16.5. The normalized spacial score (nSPS) is 11.1. The molecule has 0 bridgehead atoms. The number of methoxy groups -OCH3 is 2. The number of ether oxygens (including phenoxy) is 3. The maximum atomic E-state index is 13.6. The van der Waals surface area contributed by atoms with Crippen LogP contribution in [0.5, 0.6) is 11.5 Å². The molecule has 1 aromatic heterocycles. The highest BCUT2D eigenvalue weighted by Crippen LogP contribution is 2.34.